The fourth-order valence-corrected chi connectivity index (χ4v) is 1.82. The second kappa shape index (κ2) is 5.08. The molecule has 1 atom stereocenters. The molecule has 0 aliphatic carbocycles. The molecule has 0 saturated carbocycles. The zero-order chi connectivity index (χ0) is 11.4. The minimum Gasteiger partial charge on any atom is -0.328 e. The molecule has 16 heavy (non-hydrogen) atoms. The minimum atomic E-state index is 0.319. The number of benzene rings is 1. The van der Waals surface area contributed by atoms with Gasteiger partial charge in [-0.05, 0) is 37.0 Å². The van der Waals surface area contributed by atoms with Gasteiger partial charge in [-0.15, -0.1) is 0 Å². The van der Waals surface area contributed by atoms with Crippen molar-refractivity contribution in [2.75, 3.05) is 0 Å². The number of nitrogens with zero attached hydrogens (tertiary/aromatic N) is 1. The molecule has 1 heterocycles. The van der Waals surface area contributed by atoms with Gasteiger partial charge in [0.2, 0.25) is 0 Å². The SMILES string of the molecule is CCC(N)CCc1ccc2cccnc2c1. The summed E-state index contributed by atoms with van der Waals surface area (Å²) in [5.41, 5.74) is 8.32. The summed E-state index contributed by atoms with van der Waals surface area (Å²) in [6.07, 6.45) is 4.98. The van der Waals surface area contributed by atoms with E-state index in [0.29, 0.717) is 6.04 Å². The summed E-state index contributed by atoms with van der Waals surface area (Å²) in [5, 5.41) is 1.20. The first-order chi connectivity index (χ1) is 7.79. The molecule has 0 aliphatic heterocycles. The van der Waals surface area contributed by atoms with Gasteiger partial charge in [0.15, 0.2) is 0 Å². The molecule has 0 fully saturated rings. The number of aromatic nitrogens is 1. The molecule has 0 saturated heterocycles. The van der Waals surface area contributed by atoms with Crippen LogP contribution < -0.4 is 5.73 Å². The van der Waals surface area contributed by atoms with Crippen molar-refractivity contribution in [1.29, 1.82) is 0 Å². The van der Waals surface area contributed by atoms with Gasteiger partial charge in [-0.1, -0.05) is 25.1 Å². The number of aryl methyl sites for hydroxylation is 1. The van der Waals surface area contributed by atoms with Gasteiger partial charge in [-0.3, -0.25) is 4.98 Å². The molecule has 0 radical (unpaired) electrons. The second-order valence-electron chi connectivity index (χ2n) is 4.24. The molecule has 84 valence electrons. The molecule has 2 N–H and O–H groups in total. The number of rotatable bonds is 4. The minimum absolute atomic E-state index is 0.319. The lowest BCUT2D eigenvalue weighted by atomic mass is 10.0. The van der Waals surface area contributed by atoms with E-state index in [1.54, 1.807) is 0 Å². The fraction of sp³-hybridized carbons (Fsp3) is 0.357. The molecule has 0 amide bonds. The maximum absolute atomic E-state index is 5.92. The largest absolute Gasteiger partial charge is 0.328 e. The van der Waals surface area contributed by atoms with E-state index >= 15 is 0 Å². The van der Waals surface area contributed by atoms with Gasteiger partial charge in [0, 0.05) is 17.6 Å². The molecular weight excluding hydrogens is 196 g/mol. The van der Waals surface area contributed by atoms with Crippen LogP contribution in [0.15, 0.2) is 36.5 Å². The first kappa shape index (κ1) is 11.1. The number of fused-ring (bicyclic) bond motifs is 1. The van der Waals surface area contributed by atoms with Crippen molar-refractivity contribution in [3.63, 3.8) is 0 Å². The van der Waals surface area contributed by atoms with Crippen molar-refractivity contribution in [3.8, 4) is 0 Å². The van der Waals surface area contributed by atoms with E-state index in [0.717, 1.165) is 24.8 Å². The normalized spacial score (nSPS) is 12.9. The molecule has 1 aromatic heterocycles. The van der Waals surface area contributed by atoms with Crippen LogP contribution in [0, 0.1) is 0 Å². The quantitative estimate of drug-likeness (QED) is 0.850. The smallest absolute Gasteiger partial charge is 0.0704 e. The van der Waals surface area contributed by atoms with Crippen molar-refractivity contribution in [3.05, 3.63) is 42.1 Å². The Kier molecular flexibility index (Phi) is 3.52. The third kappa shape index (κ3) is 2.58. The molecule has 0 spiro atoms. The summed E-state index contributed by atoms with van der Waals surface area (Å²) < 4.78 is 0. The monoisotopic (exact) mass is 214 g/mol. The lowest BCUT2D eigenvalue weighted by Crippen LogP contribution is -2.19. The van der Waals surface area contributed by atoms with E-state index < -0.39 is 0 Å². The van der Waals surface area contributed by atoms with E-state index in [2.05, 4.69) is 36.2 Å². The molecule has 2 nitrogen and oxygen atoms in total. The Hall–Kier alpha value is -1.41. The zero-order valence-electron chi connectivity index (χ0n) is 9.69. The van der Waals surface area contributed by atoms with Crippen LogP contribution in [0.1, 0.15) is 25.3 Å². The van der Waals surface area contributed by atoms with Crippen LogP contribution in [0.5, 0.6) is 0 Å². The average molecular weight is 214 g/mol. The van der Waals surface area contributed by atoms with Crippen LogP contribution >= 0.6 is 0 Å². The molecule has 0 bridgehead atoms. The van der Waals surface area contributed by atoms with Gasteiger partial charge in [-0.2, -0.15) is 0 Å². The predicted molar refractivity (Wildman–Crippen MR) is 68.3 cm³/mol. The van der Waals surface area contributed by atoms with Gasteiger partial charge < -0.3 is 5.73 Å². The standard InChI is InChI=1S/C14H18N2/c1-2-13(15)8-6-11-5-7-12-4-3-9-16-14(12)10-11/h3-5,7,9-10,13H,2,6,8,15H2,1H3. The van der Waals surface area contributed by atoms with Crippen molar-refractivity contribution in [2.45, 2.75) is 32.2 Å². The van der Waals surface area contributed by atoms with Crippen LogP contribution in [0.3, 0.4) is 0 Å². The van der Waals surface area contributed by atoms with Crippen molar-refractivity contribution in [2.24, 2.45) is 5.73 Å². The molecule has 2 aromatic rings. The van der Waals surface area contributed by atoms with Crippen molar-refractivity contribution in [1.82, 2.24) is 4.98 Å². The Morgan fingerprint density at radius 3 is 3.00 bits per heavy atom. The average Bonchev–Trinajstić information content (AvgIpc) is 2.35. The Labute approximate surface area is 96.5 Å². The fourth-order valence-electron chi connectivity index (χ4n) is 1.82. The van der Waals surface area contributed by atoms with Crippen LogP contribution in [0.4, 0.5) is 0 Å². The number of nitrogens with two attached hydrogens (primary N) is 1. The summed E-state index contributed by atoms with van der Waals surface area (Å²) in [5.74, 6) is 0. The molecule has 0 aliphatic rings. The topological polar surface area (TPSA) is 38.9 Å². The Balaban J connectivity index is 2.13. The summed E-state index contributed by atoms with van der Waals surface area (Å²) in [4.78, 5) is 4.36. The van der Waals surface area contributed by atoms with Gasteiger partial charge in [0.25, 0.3) is 0 Å². The first-order valence-corrected chi connectivity index (χ1v) is 5.89. The Bertz CT molecular complexity index is 465. The van der Waals surface area contributed by atoms with Crippen LogP contribution in [0.2, 0.25) is 0 Å². The molecular formula is C14H18N2. The van der Waals surface area contributed by atoms with Crippen LogP contribution in [-0.4, -0.2) is 11.0 Å². The number of pyridine rings is 1. The maximum atomic E-state index is 5.92. The summed E-state index contributed by atoms with van der Waals surface area (Å²) >= 11 is 0. The van der Waals surface area contributed by atoms with Crippen molar-refractivity contribution < 1.29 is 0 Å². The van der Waals surface area contributed by atoms with Crippen molar-refractivity contribution >= 4 is 10.9 Å². The summed E-state index contributed by atoms with van der Waals surface area (Å²) in [6, 6.07) is 10.8. The van der Waals surface area contributed by atoms with Gasteiger partial charge in [0.05, 0.1) is 5.52 Å². The lowest BCUT2D eigenvalue weighted by Gasteiger charge is -2.08. The molecule has 2 heteroatoms. The maximum Gasteiger partial charge on any atom is 0.0704 e. The highest BCUT2D eigenvalue weighted by atomic mass is 14.6. The molecule has 1 unspecified atom stereocenters. The van der Waals surface area contributed by atoms with E-state index in [1.165, 1.54) is 10.9 Å². The zero-order valence-corrected chi connectivity index (χ0v) is 9.69. The third-order valence-corrected chi connectivity index (χ3v) is 3.00. The predicted octanol–water partition coefficient (Wildman–Crippen LogP) is 2.90. The summed E-state index contributed by atoms with van der Waals surface area (Å²) in [6.45, 7) is 2.13. The molecule has 2 rings (SSSR count). The van der Waals surface area contributed by atoms with Gasteiger partial charge in [0.1, 0.15) is 0 Å². The van der Waals surface area contributed by atoms with Gasteiger partial charge in [-0.25, -0.2) is 0 Å². The van der Waals surface area contributed by atoms with Crippen LogP contribution in [0.25, 0.3) is 10.9 Å². The van der Waals surface area contributed by atoms with Crippen LogP contribution in [-0.2, 0) is 6.42 Å². The second-order valence-corrected chi connectivity index (χ2v) is 4.24. The highest BCUT2D eigenvalue weighted by molar-refractivity contribution is 5.78. The first-order valence-electron chi connectivity index (χ1n) is 5.89. The van der Waals surface area contributed by atoms with E-state index in [4.69, 9.17) is 5.73 Å². The van der Waals surface area contributed by atoms with E-state index in [9.17, 15) is 0 Å². The highest BCUT2D eigenvalue weighted by Gasteiger charge is 2.01. The highest BCUT2D eigenvalue weighted by Crippen LogP contribution is 2.14. The molecule has 1 aromatic carbocycles. The Morgan fingerprint density at radius 2 is 2.19 bits per heavy atom. The number of hydrogen-bond acceptors (Lipinski definition) is 2. The van der Waals surface area contributed by atoms with E-state index in [-0.39, 0.29) is 0 Å². The van der Waals surface area contributed by atoms with Gasteiger partial charge >= 0.3 is 0 Å². The summed E-state index contributed by atoms with van der Waals surface area (Å²) in [7, 11) is 0. The van der Waals surface area contributed by atoms with E-state index in [1.807, 2.05) is 12.3 Å². The Morgan fingerprint density at radius 1 is 1.31 bits per heavy atom. The number of hydrogen-bond donors (Lipinski definition) is 1. The lowest BCUT2D eigenvalue weighted by molar-refractivity contribution is 0.596. The third-order valence-electron chi connectivity index (χ3n) is 3.00.